The molecule has 0 unspecified atom stereocenters. The number of benzene rings is 2. The Bertz CT molecular complexity index is 884. The summed E-state index contributed by atoms with van der Waals surface area (Å²) in [5, 5.41) is 6.35. The molecule has 0 spiro atoms. The predicted octanol–water partition coefficient (Wildman–Crippen LogP) is 2.46. The first-order valence-corrected chi connectivity index (χ1v) is 10.2. The van der Waals surface area contributed by atoms with Gasteiger partial charge < -0.3 is 25.0 Å². The number of ether oxygens (including phenoxy) is 2. The molecule has 2 aromatic carbocycles. The third kappa shape index (κ3) is 5.23. The molecule has 7 heteroatoms. The van der Waals surface area contributed by atoms with Crippen LogP contribution in [0.4, 0.5) is 0 Å². The largest absolute Gasteiger partial charge is 0.493 e. The number of rotatable bonds is 7. The number of nitrogens with zero attached hydrogens (tertiary/aromatic N) is 2. The Kier molecular flexibility index (Phi) is 7.54. The average molecular weight is 411 g/mol. The van der Waals surface area contributed by atoms with Gasteiger partial charge in [0.25, 0.3) is 5.91 Å². The van der Waals surface area contributed by atoms with Gasteiger partial charge in [-0.1, -0.05) is 18.2 Å². The monoisotopic (exact) mass is 410 g/mol. The van der Waals surface area contributed by atoms with Crippen molar-refractivity contribution >= 4 is 11.9 Å². The normalized spacial score (nSPS) is 13.4. The standard InChI is InChI=1S/C23H30N4O3/c1-24-23(26-12-7-11-25-22(28)17-8-5-4-6-9-17)27-13-10-18-14-20(29-2)21(30-3)15-19(18)16-27/h4-6,8-9,14-15H,7,10-13,16H2,1-3H3,(H,24,26)(H,25,28). The van der Waals surface area contributed by atoms with Gasteiger partial charge in [0.15, 0.2) is 17.5 Å². The van der Waals surface area contributed by atoms with Crippen molar-refractivity contribution in [3.63, 3.8) is 0 Å². The van der Waals surface area contributed by atoms with Crippen LogP contribution in [0.2, 0.25) is 0 Å². The van der Waals surface area contributed by atoms with Crippen molar-refractivity contribution in [3.05, 3.63) is 59.2 Å². The van der Waals surface area contributed by atoms with Crippen molar-refractivity contribution in [2.45, 2.75) is 19.4 Å². The topological polar surface area (TPSA) is 75.2 Å². The average Bonchev–Trinajstić information content (AvgIpc) is 2.80. The number of carbonyl (C=O) groups excluding carboxylic acids is 1. The fourth-order valence-corrected chi connectivity index (χ4v) is 3.58. The number of methoxy groups -OCH3 is 2. The molecule has 2 N–H and O–H groups in total. The molecule has 0 saturated heterocycles. The van der Waals surface area contributed by atoms with Gasteiger partial charge in [-0.05, 0) is 48.2 Å². The number of nitrogens with one attached hydrogen (secondary N) is 2. The second-order valence-corrected chi connectivity index (χ2v) is 7.10. The van der Waals surface area contributed by atoms with E-state index in [0.29, 0.717) is 12.1 Å². The number of hydrogen-bond donors (Lipinski definition) is 2. The van der Waals surface area contributed by atoms with E-state index in [1.54, 1.807) is 21.3 Å². The summed E-state index contributed by atoms with van der Waals surface area (Å²) in [7, 11) is 5.11. The van der Waals surface area contributed by atoms with Gasteiger partial charge in [0.2, 0.25) is 0 Å². The smallest absolute Gasteiger partial charge is 0.251 e. The number of fused-ring (bicyclic) bond motifs is 1. The van der Waals surface area contributed by atoms with Crippen LogP contribution >= 0.6 is 0 Å². The fraction of sp³-hybridized carbons (Fsp3) is 0.391. The highest BCUT2D eigenvalue weighted by Crippen LogP contribution is 2.33. The summed E-state index contributed by atoms with van der Waals surface area (Å²) in [6, 6.07) is 13.4. The zero-order valence-corrected chi connectivity index (χ0v) is 17.9. The molecule has 0 bridgehead atoms. The maximum atomic E-state index is 12.1. The zero-order valence-electron chi connectivity index (χ0n) is 17.9. The molecule has 0 radical (unpaired) electrons. The minimum absolute atomic E-state index is 0.0444. The number of carbonyl (C=O) groups is 1. The molecule has 30 heavy (non-hydrogen) atoms. The Labute approximate surface area is 178 Å². The van der Waals surface area contributed by atoms with Crippen LogP contribution in [0.25, 0.3) is 0 Å². The zero-order chi connectivity index (χ0) is 21.3. The Hall–Kier alpha value is -3.22. The lowest BCUT2D eigenvalue weighted by Gasteiger charge is -2.32. The molecule has 0 saturated carbocycles. The highest BCUT2D eigenvalue weighted by Gasteiger charge is 2.21. The van der Waals surface area contributed by atoms with E-state index < -0.39 is 0 Å². The van der Waals surface area contributed by atoms with Crippen LogP contribution in [0.1, 0.15) is 27.9 Å². The highest BCUT2D eigenvalue weighted by molar-refractivity contribution is 5.94. The third-order valence-electron chi connectivity index (χ3n) is 5.19. The number of amides is 1. The summed E-state index contributed by atoms with van der Waals surface area (Å²) in [6.45, 7) is 2.99. The van der Waals surface area contributed by atoms with Crippen LogP contribution in [-0.4, -0.2) is 57.7 Å². The highest BCUT2D eigenvalue weighted by atomic mass is 16.5. The quantitative estimate of drug-likeness (QED) is 0.417. The minimum Gasteiger partial charge on any atom is -0.493 e. The molecule has 7 nitrogen and oxygen atoms in total. The molecule has 1 aliphatic heterocycles. The minimum atomic E-state index is -0.0444. The van der Waals surface area contributed by atoms with Crippen molar-refractivity contribution in [2.75, 3.05) is 40.9 Å². The van der Waals surface area contributed by atoms with E-state index in [9.17, 15) is 4.79 Å². The van der Waals surface area contributed by atoms with E-state index in [0.717, 1.165) is 49.9 Å². The van der Waals surface area contributed by atoms with Gasteiger partial charge in [0.05, 0.1) is 14.2 Å². The van der Waals surface area contributed by atoms with E-state index in [2.05, 4.69) is 26.6 Å². The molecular formula is C23H30N4O3. The SMILES string of the molecule is CN=C(NCCCNC(=O)c1ccccc1)N1CCc2cc(OC)c(OC)cc2C1. The summed E-state index contributed by atoms with van der Waals surface area (Å²) in [5.74, 6) is 2.33. The Balaban J connectivity index is 1.48. The molecular weight excluding hydrogens is 380 g/mol. The second-order valence-electron chi connectivity index (χ2n) is 7.10. The van der Waals surface area contributed by atoms with Crippen LogP contribution in [0.15, 0.2) is 47.5 Å². The van der Waals surface area contributed by atoms with E-state index in [1.165, 1.54) is 11.1 Å². The van der Waals surface area contributed by atoms with Gasteiger partial charge in [0.1, 0.15) is 0 Å². The molecule has 0 atom stereocenters. The molecule has 1 amide bonds. The lowest BCUT2D eigenvalue weighted by molar-refractivity contribution is 0.0953. The van der Waals surface area contributed by atoms with Crippen LogP contribution < -0.4 is 20.1 Å². The van der Waals surface area contributed by atoms with Crippen molar-refractivity contribution in [2.24, 2.45) is 4.99 Å². The van der Waals surface area contributed by atoms with Gasteiger partial charge in [-0.3, -0.25) is 9.79 Å². The molecule has 1 heterocycles. The predicted molar refractivity (Wildman–Crippen MR) is 118 cm³/mol. The lowest BCUT2D eigenvalue weighted by atomic mass is 9.99. The van der Waals surface area contributed by atoms with Crippen LogP contribution in [-0.2, 0) is 13.0 Å². The summed E-state index contributed by atoms with van der Waals surface area (Å²) >= 11 is 0. The van der Waals surface area contributed by atoms with Crippen LogP contribution in [0.5, 0.6) is 11.5 Å². The molecule has 2 aromatic rings. The van der Waals surface area contributed by atoms with Gasteiger partial charge in [-0.2, -0.15) is 0 Å². The lowest BCUT2D eigenvalue weighted by Crippen LogP contribution is -2.44. The molecule has 0 aromatic heterocycles. The summed E-state index contributed by atoms with van der Waals surface area (Å²) in [5.41, 5.74) is 3.18. The first-order valence-electron chi connectivity index (χ1n) is 10.2. The van der Waals surface area contributed by atoms with Gasteiger partial charge >= 0.3 is 0 Å². The van der Waals surface area contributed by atoms with Crippen molar-refractivity contribution in [1.29, 1.82) is 0 Å². The molecule has 3 rings (SSSR count). The van der Waals surface area contributed by atoms with E-state index in [-0.39, 0.29) is 5.91 Å². The first-order chi connectivity index (χ1) is 14.7. The number of hydrogen-bond acceptors (Lipinski definition) is 4. The van der Waals surface area contributed by atoms with Crippen LogP contribution in [0, 0.1) is 0 Å². The number of guanidine groups is 1. The van der Waals surface area contributed by atoms with Crippen molar-refractivity contribution in [1.82, 2.24) is 15.5 Å². The first kappa shape index (κ1) is 21.5. The Morgan fingerprint density at radius 1 is 1.03 bits per heavy atom. The summed E-state index contributed by atoms with van der Waals surface area (Å²) in [4.78, 5) is 18.7. The molecule has 0 aliphatic carbocycles. The Morgan fingerprint density at radius 2 is 1.70 bits per heavy atom. The van der Waals surface area contributed by atoms with E-state index in [4.69, 9.17) is 9.47 Å². The van der Waals surface area contributed by atoms with Gasteiger partial charge in [-0.15, -0.1) is 0 Å². The van der Waals surface area contributed by atoms with Gasteiger partial charge in [0, 0.05) is 38.8 Å². The maximum Gasteiger partial charge on any atom is 0.251 e. The summed E-state index contributed by atoms with van der Waals surface area (Å²) in [6.07, 6.45) is 1.73. The molecule has 160 valence electrons. The molecule has 0 fully saturated rings. The van der Waals surface area contributed by atoms with Gasteiger partial charge in [-0.25, -0.2) is 0 Å². The van der Waals surface area contributed by atoms with Crippen molar-refractivity contribution in [3.8, 4) is 11.5 Å². The third-order valence-corrected chi connectivity index (χ3v) is 5.19. The van der Waals surface area contributed by atoms with E-state index >= 15 is 0 Å². The summed E-state index contributed by atoms with van der Waals surface area (Å²) < 4.78 is 10.9. The maximum absolute atomic E-state index is 12.1. The van der Waals surface area contributed by atoms with E-state index in [1.807, 2.05) is 36.4 Å². The second kappa shape index (κ2) is 10.5. The number of aliphatic imine (C=N–C) groups is 1. The molecule has 1 aliphatic rings. The Morgan fingerprint density at radius 3 is 2.37 bits per heavy atom. The van der Waals surface area contributed by atoms with Crippen molar-refractivity contribution < 1.29 is 14.3 Å². The fourth-order valence-electron chi connectivity index (χ4n) is 3.58. The van der Waals surface area contributed by atoms with Crippen LogP contribution in [0.3, 0.4) is 0 Å².